The lowest BCUT2D eigenvalue weighted by Gasteiger charge is -2.30. The van der Waals surface area contributed by atoms with E-state index in [1.807, 2.05) is 0 Å². The SMILES string of the molecule is OCCCc1c(C(F)(F)C(F)(F)F)cc(C(F)(F)C(F)(F)F)cc1C(F)(F)C(F)(F)F. The Balaban J connectivity index is 4.20. The molecule has 0 amide bonds. The van der Waals surface area contributed by atoms with E-state index in [0.717, 1.165) is 0 Å². The van der Waals surface area contributed by atoms with Crippen molar-refractivity contribution in [2.75, 3.05) is 6.61 Å². The van der Waals surface area contributed by atoms with E-state index in [1.54, 1.807) is 0 Å². The number of alkyl halides is 15. The van der Waals surface area contributed by atoms with E-state index in [9.17, 15) is 65.9 Å². The molecule has 180 valence electrons. The second kappa shape index (κ2) is 7.92. The molecule has 0 aliphatic rings. The maximum absolute atomic E-state index is 13.8. The molecule has 0 bridgehead atoms. The van der Waals surface area contributed by atoms with Crippen molar-refractivity contribution < 1.29 is 71.0 Å². The predicted molar refractivity (Wildman–Crippen MR) is 71.7 cm³/mol. The van der Waals surface area contributed by atoms with Gasteiger partial charge in [0.2, 0.25) is 0 Å². The molecule has 0 fully saturated rings. The van der Waals surface area contributed by atoms with Crippen molar-refractivity contribution in [2.24, 2.45) is 0 Å². The van der Waals surface area contributed by atoms with Gasteiger partial charge in [-0.15, -0.1) is 0 Å². The molecule has 0 aromatic heterocycles. The van der Waals surface area contributed by atoms with E-state index >= 15 is 0 Å². The first-order valence-corrected chi connectivity index (χ1v) is 7.66. The molecule has 1 nitrogen and oxygen atoms in total. The summed E-state index contributed by atoms with van der Waals surface area (Å²) in [5.74, 6) is -19.2. The van der Waals surface area contributed by atoms with Crippen LogP contribution in [-0.4, -0.2) is 30.2 Å². The molecular weight excluding hydrogens is 481 g/mol. The predicted octanol–water partition coefficient (Wildman–Crippen LogP) is 6.57. The van der Waals surface area contributed by atoms with Gasteiger partial charge in [0.15, 0.2) is 0 Å². The molecule has 0 atom stereocenters. The Kier molecular flexibility index (Phi) is 6.94. The molecule has 0 radical (unpaired) electrons. The van der Waals surface area contributed by atoms with Crippen LogP contribution in [0.2, 0.25) is 0 Å². The van der Waals surface area contributed by atoms with Crippen molar-refractivity contribution in [3.05, 3.63) is 34.4 Å². The Morgan fingerprint density at radius 3 is 1.13 bits per heavy atom. The van der Waals surface area contributed by atoms with Crippen LogP contribution in [0.15, 0.2) is 12.1 Å². The van der Waals surface area contributed by atoms with Crippen LogP contribution in [0.1, 0.15) is 28.7 Å². The molecule has 1 aromatic carbocycles. The van der Waals surface area contributed by atoms with Gasteiger partial charge in [-0.1, -0.05) is 0 Å². The van der Waals surface area contributed by atoms with Crippen LogP contribution in [0.5, 0.6) is 0 Å². The molecule has 1 N–H and O–H groups in total. The Hall–Kier alpha value is -1.87. The fourth-order valence-electron chi connectivity index (χ4n) is 2.41. The normalized spacial score (nSPS) is 14.8. The lowest BCUT2D eigenvalue weighted by Crippen LogP contribution is -2.40. The molecule has 0 unspecified atom stereocenters. The minimum Gasteiger partial charge on any atom is -0.396 e. The second-order valence-electron chi connectivity index (χ2n) is 6.09. The van der Waals surface area contributed by atoms with Crippen molar-refractivity contribution in [1.82, 2.24) is 0 Å². The molecule has 0 saturated carbocycles. The Morgan fingerprint density at radius 2 is 0.871 bits per heavy atom. The molecule has 31 heavy (non-hydrogen) atoms. The zero-order chi connectivity index (χ0) is 24.8. The standard InChI is InChI=1S/C15H9F15O/c16-10(17,13(22,23)24)6-4-8(11(18,19)14(25,26)27)7(2-1-3-31)9(5-6)12(20,21)15(28,29)30/h4-5,31H,1-3H2. The van der Waals surface area contributed by atoms with Crippen LogP contribution < -0.4 is 0 Å². The number of hydrogen-bond donors (Lipinski definition) is 1. The summed E-state index contributed by atoms with van der Waals surface area (Å²) in [7, 11) is 0. The van der Waals surface area contributed by atoms with Gasteiger partial charge in [-0.05, 0) is 30.5 Å². The average molecular weight is 490 g/mol. The van der Waals surface area contributed by atoms with Crippen molar-refractivity contribution in [3.63, 3.8) is 0 Å². The van der Waals surface area contributed by atoms with Crippen molar-refractivity contribution in [2.45, 2.75) is 49.1 Å². The summed E-state index contributed by atoms with van der Waals surface area (Å²) in [6.07, 6.45) is -22.8. The van der Waals surface area contributed by atoms with Crippen LogP contribution >= 0.6 is 0 Å². The molecular formula is C15H9F15O. The minimum atomic E-state index is -6.77. The van der Waals surface area contributed by atoms with Crippen LogP contribution in [0.25, 0.3) is 0 Å². The van der Waals surface area contributed by atoms with E-state index in [1.165, 1.54) is 0 Å². The highest BCUT2D eigenvalue weighted by atomic mass is 19.4. The number of aliphatic hydroxyl groups is 1. The van der Waals surface area contributed by atoms with Gasteiger partial charge >= 0.3 is 36.3 Å². The summed E-state index contributed by atoms with van der Waals surface area (Å²) in [6.45, 7) is -1.14. The van der Waals surface area contributed by atoms with Gasteiger partial charge in [0, 0.05) is 23.3 Å². The summed E-state index contributed by atoms with van der Waals surface area (Å²) < 4.78 is 196. The third-order valence-electron chi connectivity index (χ3n) is 3.94. The molecule has 0 aliphatic carbocycles. The molecule has 1 aromatic rings. The first kappa shape index (κ1) is 27.2. The number of benzene rings is 1. The number of hydrogen-bond acceptors (Lipinski definition) is 1. The molecule has 0 spiro atoms. The highest BCUT2D eigenvalue weighted by molar-refractivity contribution is 5.47. The molecule has 1 rings (SSSR count). The lowest BCUT2D eigenvalue weighted by atomic mass is 9.86. The summed E-state index contributed by atoms with van der Waals surface area (Å²) in [6, 6.07) is -2.24. The van der Waals surface area contributed by atoms with E-state index in [-0.39, 0.29) is 0 Å². The van der Waals surface area contributed by atoms with Crippen LogP contribution in [0, 0.1) is 0 Å². The van der Waals surface area contributed by atoms with Crippen LogP contribution in [-0.2, 0) is 24.2 Å². The van der Waals surface area contributed by atoms with E-state index in [4.69, 9.17) is 5.11 Å². The highest BCUT2D eigenvalue weighted by Crippen LogP contribution is 2.53. The van der Waals surface area contributed by atoms with Gasteiger partial charge in [-0.2, -0.15) is 65.9 Å². The van der Waals surface area contributed by atoms with Crippen molar-refractivity contribution in [1.29, 1.82) is 0 Å². The molecule has 0 heterocycles. The minimum absolute atomic E-state index is 1.00. The second-order valence-corrected chi connectivity index (χ2v) is 6.09. The summed E-state index contributed by atoms with van der Waals surface area (Å²) in [4.78, 5) is 0. The zero-order valence-electron chi connectivity index (χ0n) is 14.4. The number of aliphatic hydroxyl groups excluding tert-OH is 1. The largest absolute Gasteiger partial charge is 0.458 e. The maximum atomic E-state index is 13.8. The number of halogens is 15. The number of rotatable bonds is 6. The van der Waals surface area contributed by atoms with Crippen molar-refractivity contribution in [3.8, 4) is 0 Å². The Labute approximate surface area is 162 Å². The molecule has 0 saturated heterocycles. The first-order chi connectivity index (χ1) is 13.5. The van der Waals surface area contributed by atoms with Gasteiger partial charge in [0.25, 0.3) is 0 Å². The maximum Gasteiger partial charge on any atom is 0.458 e. The van der Waals surface area contributed by atoms with Gasteiger partial charge in [0.1, 0.15) is 0 Å². The van der Waals surface area contributed by atoms with E-state index in [2.05, 4.69) is 0 Å². The van der Waals surface area contributed by atoms with E-state index in [0.29, 0.717) is 0 Å². The smallest absolute Gasteiger partial charge is 0.396 e. The zero-order valence-corrected chi connectivity index (χ0v) is 14.4. The summed E-state index contributed by atoms with van der Waals surface area (Å²) in [5, 5.41) is 8.64. The first-order valence-electron chi connectivity index (χ1n) is 7.66. The van der Waals surface area contributed by atoms with Gasteiger partial charge in [-0.3, -0.25) is 0 Å². The molecule has 0 aliphatic heterocycles. The van der Waals surface area contributed by atoms with Crippen LogP contribution in [0.4, 0.5) is 65.9 Å². The van der Waals surface area contributed by atoms with Crippen molar-refractivity contribution >= 4 is 0 Å². The average Bonchev–Trinajstić information content (AvgIpc) is 2.55. The fourth-order valence-corrected chi connectivity index (χ4v) is 2.41. The lowest BCUT2D eigenvalue weighted by molar-refractivity contribution is -0.295. The third-order valence-corrected chi connectivity index (χ3v) is 3.94. The van der Waals surface area contributed by atoms with Gasteiger partial charge in [0.05, 0.1) is 0 Å². The Morgan fingerprint density at radius 1 is 0.548 bits per heavy atom. The van der Waals surface area contributed by atoms with E-state index < -0.39 is 90.1 Å². The van der Waals surface area contributed by atoms with Gasteiger partial charge < -0.3 is 5.11 Å². The van der Waals surface area contributed by atoms with Crippen LogP contribution in [0.3, 0.4) is 0 Å². The monoisotopic (exact) mass is 490 g/mol. The quantitative estimate of drug-likeness (QED) is 0.448. The fraction of sp³-hybridized carbons (Fsp3) is 0.600. The topological polar surface area (TPSA) is 20.2 Å². The molecule has 16 heteroatoms. The Bertz CT molecular complexity index is 738. The van der Waals surface area contributed by atoms with Gasteiger partial charge in [-0.25, -0.2) is 0 Å². The highest BCUT2D eigenvalue weighted by Gasteiger charge is 2.65. The summed E-state index contributed by atoms with van der Waals surface area (Å²) >= 11 is 0. The third kappa shape index (κ3) is 4.82. The summed E-state index contributed by atoms with van der Waals surface area (Å²) in [5.41, 5.74) is -11.1.